The van der Waals surface area contributed by atoms with Crippen molar-refractivity contribution in [3.05, 3.63) is 65.9 Å². The number of amides is 2. The second-order valence-electron chi connectivity index (χ2n) is 6.21. The predicted octanol–water partition coefficient (Wildman–Crippen LogP) is 2.24. The number of hydrogen-bond donors (Lipinski definition) is 1. The first-order valence-electron chi connectivity index (χ1n) is 8.13. The van der Waals surface area contributed by atoms with Crippen molar-refractivity contribution in [3.63, 3.8) is 0 Å². The summed E-state index contributed by atoms with van der Waals surface area (Å²) in [5.41, 5.74) is 3.82. The molecule has 0 saturated heterocycles. The summed E-state index contributed by atoms with van der Waals surface area (Å²) in [5.74, 6) is -0.829. The first kappa shape index (κ1) is 14.6. The lowest BCUT2D eigenvalue weighted by Gasteiger charge is -2.04. The first-order valence-corrected chi connectivity index (χ1v) is 8.13. The maximum absolute atomic E-state index is 12.6. The molecule has 1 aromatic carbocycles. The van der Waals surface area contributed by atoms with E-state index in [1.54, 1.807) is 23.0 Å². The number of hydrogen-bond acceptors (Lipinski definition) is 3. The average Bonchev–Trinajstić information content (AvgIpc) is 3.29. The summed E-state index contributed by atoms with van der Waals surface area (Å²) >= 11 is 0. The minimum atomic E-state index is -0.430. The fourth-order valence-corrected chi connectivity index (χ4v) is 3.54. The number of allylic oxidation sites excluding steroid dienone is 2. The van der Waals surface area contributed by atoms with Crippen molar-refractivity contribution in [1.82, 2.24) is 19.4 Å². The molecule has 0 spiro atoms. The Bertz CT molecular complexity index is 1200. The van der Waals surface area contributed by atoms with E-state index in [2.05, 4.69) is 16.4 Å². The highest BCUT2D eigenvalue weighted by Gasteiger charge is 2.36. The van der Waals surface area contributed by atoms with Gasteiger partial charge in [0.15, 0.2) is 5.69 Å². The Morgan fingerprint density at radius 3 is 2.88 bits per heavy atom. The third-order valence-electron chi connectivity index (χ3n) is 4.70. The van der Waals surface area contributed by atoms with Crippen LogP contribution in [0.2, 0.25) is 0 Å². The maximum atomic E-state index is 12.6. The maximum Gasteiger partial charge on any atom is 0.277 e. The third kappa shape index (κ3) is 1.87. The van der Waals surface area contributed by atoms with E-state index in [0.717, 1.165) is 27.9 Å². The molecule has 124 valence electrons. The van der Waals surface area contributed by atoms with E-state index in [4.69, 9.17) is 0 Å². The van der Waals surface area contributed by atoms with Crippen molar-refractivity contribution in [3.8, 4) is 0 Å². The molecule has 0 radical (unpaired) electrons. The molecule has 2 amide bonds. The fraction of sp³-hybridized carbons (Fsp3) is 0.0500. The number of nitrogens with zero attached hydrogens (tertiary/aromatic N) is 3. The molecular weight excluding hydrogens is 328 g/mol. The van der Waals surface area contributed by atoms with E-state index in [0.29, 0.717) is 5.57 Å². The van der Waals surface area contributed by atoms with Crippen LogP contribution in [0, 0.1) is 6.08 Å². The zero-order valence-electron chi connectivity index (χ0n) is 13.9. The molecule has 0 unspecified atom stereocenters. The van der Waals surface area contributed by atoms with Crippen LogP contribution in [0.3, 0.4) is 0 Å². The number of imidazole rings is 1. The van der Waals surface area contributed by atoms with Gasteiger partial charge < -0.3 is 4.57 Å². The molecule has 2 aliphatic rings. The molecule has 0 fully saturated rings. The lowest BCUT2D eigenvalue weighted by molar-refractivity contribution is -0.122. The van der Waals surface area contributed by atoms with Crippen molar-refractivity contribution in [2.24, 2.45) is 7.05 Å². The molecular formula is C20H13N4O2+. The normalized spacial score (nSPS) is 15.6. The minimum absolute atomic E-state index is 0.286. The molecule has 6 heteroatoms. The molecule has 0 saturated carbocycles. The Hall–Kier alpha value is -3.76. The van der Waals surface area contributed by atoms with E-state index in [1.807, 2.05) is 48.2 Å². The van der Waals surface area contributed by atoms with Crippen LogP contribution in [0.5, 0.6) is 0 Å². The third-order valence-corrected chi connectivity index (χ3v) is 4.70. The molecule has 26 heavy (non-hydrogen) atoms. The summed E-state index contributed by atoms with van der Waals surface area (Å²) in [5, 5.41) is 3.34. The van der Waals surface area contributed by atoms with Crippen LogP contribution in [-0.4, -0.2) is 25.9 Å². The van der Waals surface area contributed by atoms with Gasteiger partial charge in [0.1, 0.15) is 24.2 Å². The highest BCUT2D eigenvalue weighted by molar-refractivity contribution is 6.47. The molecule has 0 atom stereocenters. The summed E-state index contributed by atoms with van der Waals surface area (Å²) < 4.78 is 3.61. The van der Waals surface area contributed by atoms with E-state index >= 15 is 0 Å². The van der Waals surface area contributed by atoms with Crippen LogP contribution >= 0.6 is 0 Å². The van der Waals surface area contributed by atoms with Crippen molar-refractivity contribution >= 4 is 46.1 Å². The number of nitrogens with one attached hydrogen (secondary N) is 1. The second-order valence-corrected chi connectivity index (χ2v) is 6.21. The Morgan fingerprint density at radius 2 is 2.00 bits per heavy atom. The summed E-state index contributed by atoms with van der Waals surface area (Å²) in [6.45, 7) is 0. The largest absolute Gasteiger partial charge is 0.350 e. The lowest BCUT2D eigenvalue weighted by atomic mass is 10.0. The zero-order valence-corrected chi connectivity index (χ0v) is 13.9. The number of carbonyl (C=O) groups excluding carboxylic acids is 2. The Morgan fingerprint density at radius 1 is 1.15 bits per heavy atom. The number of aryl methyl sites for hydroxylation is 1. The van der Waals surface area contributed by atoms with Gasteiger partial charge in [-0.1, -0.05) is 18.2 Å². The lowest BCUT2D eigenvalue weighted by Crippen LogP contribution is -2.23. The molecule has 1 N–H and O–H groups in total. The number of imide groups is 1. The van der Waals surface area contributed by atoms with Crippen LogP contribution in [0.15, 0.2) is 42.9 Å². The van der Waals surface area contributed by atoms with Crippen LogP contribution in [0.1, 0.15) is 17.0 Å². The Labute approximate surface area is 148 Å². The number of benzene rings is 1. The van der Waals surface area contributed by atoms with Gasteiger partial charge in [-0.25, -0.2) is 9.55 Å². The van der Waals surface area contributed by atoms with Gasteiger partial charge in [0.25, 0.3) is 11.8 Å². The van der Waals surface area contributed by atoms with Gasteiger partial charge in [-0.3, -0.25) is 14.9 Å². The number of para-hydroxylation sites is 1. The SMILES string of the molecule is Cn1cc(C2=C(n3cnc4c3C=[C+]C=C4)C(=O)NC2=O)c2ccccc21. The van der Waals surface area contributed by atoms with Crippen LogP contribution in [-0.2, 0) is 16.6 Å². The number of aromatic nitrogens is 3. The topological polar surface area (TPSA) is 68.9 Å². The van der Waals surface area contributed by atoms with Gasteiger partial charge in [0, 0.05) is 35.8 Å². The van der Waals surface area contributed by atoms with Crippen molar-refractivity contribution in [2.45, 2.75) is 0 Å². The van der Waals surface area contributed by atoms with Gasteiger partial charge in [0.05, 0.1) is 11.6 Å². The van der Waals surface area contributed by atoms with Gasteiger partial charge >= 0.3 is 0 Å². The van der Waals surface area contributed by atoms with Crippen molar-refractivity contribution in [2.75, 3.05) is 0 Å². The number of carbonyl (C=O) groups is 2. The average molecular weight is 341 g/mol. The molecule has 3 aromatic rings. The van der Waals surface area contributed by atoms with Gasteiger partial charge in [-0.2, -0.15) is 0 Å². The highest BCUT2D eigenvalue weighted by atomic mass is 16.2. The van der Waals surface area contributed by atoms with E-state index in [-0.39, 0.29) is 5.70 Å². The molecule has 5 rings (SSSR count). The summed E-state index contributed by atoms with van der Waals surface area (Å²) in [6.07, 6.45) is 11.8. The Balaban J connectivity index is 1.83. The van der Waals surface area contributed by atoms with Crippen LogP contribution in [0.4, 0.5) is 0 Å². The number of rotatable bonds is 2. The Kier molecular flexibility index (Phi) is 2.87. The van der Waals surface area contributed by atoms with Gasteiger partial charge in [0.2, 0.25) is 5.69 Å². The smallest absolute Gasteiger partial charge is 0.277 e. The second kappa shape index (κ2) is 5.12. The molecule has 2 aromatic heterocycles. The van der Waals surface area contributed by atoms with Crippen molar-refractivity contribution in [1.29, 1.82) is 0 Å². The van der Waals surface area contributed by atoms with E-state index in [1.165, 1.54) is 0 Å². The molecule has 6 nitrogen and oxygen atoms in total. The molecule has 3 heterocycles. The standard InChI is InChI=1S/C20H12N4O2/c1-23-10-13(12-6-2-4-8-15(12)23)17-18(20(26)22-19(17)25)24-11-21-14-7-3-5-9-16(14)24/h2-4,6-11H,1H3/p+1. The van der Waals surface area contributed by atoms with Crippen LogP contribution < -0.4 is 5.32 Å². The summed E-state index contributed by atoms with van der Waals surface area (Å²) in [6, 6.07) is 7.79. The molecule has 1 aliphatic heterocycles. The summed E-state index contributed by atoms with van der Waals surface area (Å²) in [7, 11) is 1.92. The quantitative estimate of drug-likeness (QED) is 0.574. The van der Waals surface area contributed by atoms with Gasteiger partial charge in [-0.15, -0.1) is 0 Å². The van der Waals surface area contributed by atoms with Gasteiger partial charge in [-0.05, 0) is 6.07 Å². The minimum Gasteiger partial charge on any atom is -0.350 e. The fourth-order valence-electron chi connectivity index (χ4n) is 3.54. The van der Waals surface area contributed by atoms with Crippen molar-refractivity contribution < 1.29 is 9.59 Å². The van der Waals surface area contributed by atoms with E-state index < -0.39 is 11.8 Å². The molecule has 0 bridgehead atoms. The summed E-state index contributed by atoms with van der Waals surface area (Å²) in [4.78, 5) is 29.6. The predicted molar refractivity (Wildman–Crippen MR) is 98.1 cm³/mol. The number of fused-ring (bicyclic) bond motifs is 2. The zero-order chi connectivity index (χ0) is 17.8. The first-order chi connectivity index (χ1) is 12.6. The molecule has 1 aliphatic carbocycles. The highest BCUT2D eigenvalue weighted by Crippen LogP contribution is 2.34. The van der Waals surface area contributed by atoms with E-state index in [9.17, 15) is 9.59 Å². The van der Waals surface area contributed by atoms with Crippen LogP contribution in [0.25, 0.3) is 34.3 Å². The monoisotopic (exact) mass is 341 g/mol.